The van der Waals surface area contributed by atoms with Crippen LogP contribution in [0.3, 0.4) is 0 Å². The van der Waals surface area contributed by atoms with E-state index in [1.807, 2.05) is 4.90 Å². The summed E-state index contributed by atoms with van der Waals surface area (Å²) in [6, 6.07) is 1.97. The number of halogens is 4. The second-order valence-electron chi connectivity index (χ2n) is 5.16. The summed E-state index contributed by atoms with van der Waals surface area (Å²) in [5, 5.41) is 3.16. The predicted octanol–water partition coefficient (Wildman–Crippen LogP) is 2.87. The van der Waals surface area contributed by atoms with Gasteiger partial charge in [0.25, 0.3) is 0 Å². The Labute approximate surface area is 140 Å². The average Bonchev–Trinajstić information content (AvgIpc) is 2.53. The van der Waals surface area contributed by atoms with E-state index < -0.39 is 24.7 Å². The number of hydrogen-bond donors (Lipinski definition) is 1. The van der Waals surface area contributed by atoms with Crippen LogP contribution in [0.25, 0.3) is 0 Å². The molecule has 132 valence electrons. The first-order chi connectivity index (χ1) is 10.6. The Morgan fingerprint density at radius 2 is 1.70 bits per heavy atom. The van der Waals surface area contributed by atoms with E-state index in [9.17, 15) is 13.2 Å². The summed E-state index contributed by atoms with van der Waals surface area (Å²) >= 11 is 0. The first-order valence-corrected chi connectivity index (χ1v) is 7.21. The van der Waals surface area contributed by atoms with Gasteiger partial charge in [0, 0.05) is 50.3 Å². The molecular weight excluding hydrogens is 333 g/mol. The van der Waals surface area contributed by atoms with Crippen molar-refractivity contribution >= 4 is 12.4 Å². The van der Waals surface area contributed by atoms with Crippen LogP contribution < -0.4 is 14.8 Å². The summed E-state index contributed by atoms with van der Waals surface area (Å²) in [5.41, 5.74) is 0.222. The quantitative estimate of drug-likeness (QED) is 0.851. The molecule has 0 amide bonds. The van der Waals surface area contributed by atoms with Crippen molar-refractivity contribution in [2.45, 2.75) is 18.9 Å². The van der Waals surface area contributed by atoms with E-state index in [0.717, 1.165) is 0 Å². The van der Waals surface area contributed by atoms with Crippen LogP contribution in [-0.4, -0.2) is 51.7 Å². The average molecular weight is 355 g/mol. The molecule has 0 bridgehead atoms. The zero-order valence-electron chi connectivity index (χ0n) is 13.2. The van der Waals surface area contributed by atoms with Crippen LogP contribution in [-0.2, 0) is 0 Å². The van der Waals surface area contributed by atoms with Crippen LogP contribution in [0.15, 0.2) is 12.1 Å². The minimum Gasteiger partial charge on any atom is -0.493 e. The minimum atomic E-state index is -2.51. The molecule has 1 atom stereocenters. The van der Waals surface area contributed by atoms with Crippen LogP contribution in [0.2, 0.25) is 0 Å². The monoisotopic (exact) mass is 354 g/mol. The highest BCUT2D eigenvalue weighted by atomic mass is 35.5. The van der Waals surface area contributed by atoms with E-state index in [-0.39, 0.29) is 23.7 Å². The SMILES string of the molecule is COc1cc(F)c([C@H](CC(F)F)N2CCNCC2)cc1OC.Cl. The Balaban J connectivity index is 0.00000264. The van der Waals surface area contributed by atoms with Crippen molar-refractivity contribution in [1.82, 2.24) is 10.2 Å². The molecule has 1 aromatic rings. The molecule has 0 aliphatic carbocycles. The number of nitrogens with one attached hydrogen (secondary N) is 1. The van der Waals surface area contributed by atoms with E-state index in [2.05, 4.69) is 5.32 Å². The zero-order valence-corrected chi connectivity index (χ0v) is 14.0. The molecule has 1 heterocycles. The molecular formula is C15H22ClF3N2O2. The van der Waals surface area contributed by atoms with E-state index in [4.69, 9.17) is 9.47 Å². The Kier molecular flexibility index (Phi) is 7.94. The van der Waals surface area contributed by atoms with Gasteiger partial charge in [-0.1, -0.05) is 0 Å². The summed E-state index contributed by atoms with van der Waals surface area (Å²) in [4.78, 5) is 1.88. The fourth-order valence-electron chi connectivity index (χ4n) is 2.76. The second-order valence-corrected chi connectivity index (χ2v) is 5.16. The zero-order chi connectivity index (χ0) is 16.1. The minimum absolute atomic E-state index is 0. The number of alkyl halides is 2. The Bertz CT molecular complexity index is 500. The van der Waals surface area contributed by atoms with Crippen molar-refractivity contribution < 1.29 is 22.6 Å². The summed E-state index contributed by atoms with van der Waals surface area (Å²) in [6.07, 6.45) is -2.92. The summed E-state index contributed by atoms with van der Waals surface area (Å²) in [5.74, 6) is 0.0370. The molecule has 0 spiro atoms. The molecule has 4 nitrogen and oxygen atoms in total. The third-order valence-corrected chi connectivity index (χ3v) is 3.86. The molecule has 0 unspecified atom stereocenters. The number of piperazine rings is 1. The lowest BCUT2D eigenvalue weighted by Crippen LogP contribution is -2.45. The van der Waals surface area contributed by atoms with Crippen LogP contribution in [0, 0.1) is 5.82 Å². The summed E-state index contributed by atoms with van der Waals surface area (Å²) in [7, 11) is 2.84. The number of rotatable bonds is 6. The maximum Gasteiger partial charge on any atom is 0.240 e. The van der Waals surface area contributed by atoms with Gasteiger partial charge in [0.2, 0.25) is 6.43 Å². The van der Waals surface area contributed by atoms with Gasteiger partial charge in [-0.2, -0.15) is 0 Å². The maximum atomic E-state index is 14.4. The first-order valence-electron chi connectivity index (χ1n) is 7.21. The second kappa shape index (κ2) is 9.20. The van der Waals surface area contributed by atoms with Crippen molar-refractivity contribution in [1.29, 1.82) is 0 Å². The fourth-order valence-corrected chi connectivity index (χ4v) is 2.76. The number of ether oxygens (including phenoxy) is 2. The summed E-state index contributed by atoms with van der Waals surface area (Å²) in [6.45, 7) is 2.61. The molecule has 0 radical (unpaired) electrons. The Morgan fingerprint density at radius 3 is 2.22 bits per heavy atom. The van der Waals surface area contributed by atoms with Crippen LogP contribution in [0.5, 0.6) is 11.5 Å². The van der Waals surface area contributed by atoms with Crippen molar-refractivity contribution in [3.63, 3.8) is 0 Å². The van der Waals surface area contributed by atoms with E-state index in [1.54, 1.807) is 0 Å². The van der Waals surface area contributed by atoms with Crippen molar-refractivity contribution in [3.05, 3.63) is 23.5 Å². The van der Waals surface area contributed by atoms with Crippen molar-refractivity contribution in [2.75, 3.05) is 40.4 Å². The third-order valence-electron chi connectivity index (χ3n) is 3.86. The molecule has 0 saturated carbocycles. The van der Waals surface area contributed by atoms with Crippen molar-refractivity contribution in [3.8, 4) is 11.5 Å². The summed E-state index contributed by atoms with van der Waals surface area (Å²) < 4.78 is 50.5. The molecule has 2 rings (SSSR count). The molecule has 1 fully saturated rings. The van der Waals surface area contributed by atoms with Gasteiger partial charge < -0.3 is 14.8 Å². The molecule has 8 heteroatoms. The van der Waals surface area contributed by atoms with E-state index >= 15 is 0 Å². The number of hydrogen-bond acceptors (Lipinski definition) is 4. The smallest absolute Gasteiger partial charge is 0.240 e. The molecule has 0 aromatic heterocycles. The molecule has 1 N–H and O–H groups in total. The lowest BCUT2D eigenvalue weighted by molar-refractivity contribution is 0.0724. The van der Waals surface area contributed by atoms with Crippen molar-refractivity contribution in [2.24, 2.45) is 0 Å². The van der Waals surface area contributed by atoms with Gasteiger partial charge >= 0.3 is 0 Å². The number of benzene rings is 1. The van der Waals surface area contributed by atoms with Crippen LogP contribution in [0.4, 0.5) is 13.2 Å². The normalized spacial score (nSPS) is 16.8. The molecule has 1 aliphatic heterocycles. The van der Waals surface area contributed by atoms with E-state index in [1.165, 1.54) is 26.4 Å². The number of nitrogens with zero attached hydrogens (tertiary/aromatic N) is 1. The maximum absolute atomic E-state index is 14.4. The predicted molar refractivity (Wildman–Crippen MR) is 84.6 cm³/mol. The van der Waals surface area contributed by atoms with Gasteiger partial charge in [-0.25, -0.2) is 13.2 Å². The van der Waals surface area contributed by atoms with Gasteiger partial charge in [-0.15, -0.1) is 12.4 Å². The molecule has 23 heavy (non-hydrogen) atoms. The first kappa shape index (κ1) is 19.9. The topological polar surface area (TPSA) is 33.7 Å². The number of methoxy groups -OCH3 is 2. The lowest BCUT2D eigenvalue weighted by Gasteiger charge is -2.35. The lowest BCUT2D eigenvalue weighted by atomic mass is 10.00. The highest BCUT2D eigenvalue weighted by Crippen LogP contribution is 2.36. The van der Waals surface area contributed by atoms with Gasteiger partial charge in [0.05, 0.1) is 14.2 Å². The van der Waals surface area contributed by atoms with Gasteiger partial charge in [0.15, 0.2) is 11.5 Å². The Hall–Kier alpha value is -1.18. The molecule has 1 aliphatic rings. The molecule has 1 aromatic carbocycles. The van der Waals surface area contributed by atoms with Crippen LogP contribution in [0.1, 0.15) is 18.0 Å². The highest BCUT2D eigenvalue weighted by molar-refractivity contribution is 5.85. The molecule has 1 saturated heterocycles. The highest BCUT2D eigenvalue weighted by Gasteiger charge is 2.28. The van der Waals surface area contributed by atoms with Gasteiger partial charge in [-0.3, -0.25) is 4.90 Å². The van der Waals surface area contributed by atoms with Gasteiger partial charge in [-0.05, 0) is 6.07 Å². The largest absolute Gasteiger partial charge is 0.493 e. The Morgan fingerprint density at radius 1 is 1.13 bits per heavy atom. The van der Waals surface area contributed by atoms with Gasteiger partial charge in [0.1, 0.15) is 5.82 Å². The third kappa shape index (κ3) is 4.89. The van der Waals surface area contributed by atoms with Crippen LogP contribution >= 0.6 is 12.4 Å². The van der Waals surface area contributed by atoms with E-state index in [0.29, 0.717) is 31.9 Å². The fraction of sp³-hybridized carbons (Fsp3) is 0.600. The standard InChI is InChI=1S/C15H21F3N2O2.ClH/c1-21-13-7-10(11(16)8-14(13)22-2)12(9-15(17)18)20-5-3-19-4-6-20;/h7-8,12,15,19H,3-6,9H2,1-2H3;1H/t12-;/m0./s1.